The monoisotopic (exact) mass is 178 g/mol. The van der Waals surface area contributed by atoms with Crippen molar-refractivity contribution in [2.45, 2.75) is 0 Å². The lowest BCUT2D eigenvalue weighted by Crippen LogP contribution is -2.18. The summed E-state index contributed by atoms with van der Waals surface area (Å²) in [5, 5.41) is 4.10. The molecule has 0 bridgehead atoms. The van der Waals surface area contributed by atoms with Crippen LogP contribution in [-0.2, 0) is 10.0 Å². The summed E-state index contributed by atoms with van der Waals surface area (Å²) in [5.41, 5.74) is 0. The molecule has 1 heterocycles. The van der Waals surface area contributed by atoms with E-state index in [0.717, 1.165) is 5.41 Å². The smallest absolute Gasteiger partial charge is 0.279 e. The number of sulfonamides is 1. The van der Waals surface area contributed by atoms with E-state index >= 15 is 0 Å². The van der Waals surface area contributed by atoms with Crippen LogP contribution < -0.4 is 5.32 Å². The van der Waals surface area contributed by atoms with Gasteiger partial charge in [-0.3, -0.25) is 0 Å². The van der Waals surface area contributed by atoms with Crippen LogP contribution in [0.2, 0.25) is 0 Å². The van der Waals surface area contributed by atoms with Crippen molar-refractivity contribution in [3.63, 3.8) is 0 Å². The number of amidine groups is 1. The van der Waals surface area contributed by atoms with E-state index in [9.17, 15) is 8.42 Å². The molecule has 4 nitrogen and oxygen atoms in total. The molecule has 1 rings (SSSR count). The molecule has 0 aliphatic carbocycles. The number of hydrogen-bond acceptors (Lipinski definition) is 4. The molecule has 0 radical (unpaired) electrons. The first-order valence-corrected chi connectivity index (χ1v) is 5.19. The Labute approximate surface area is 63.5 Å². The second kappa shape index (κ2) is 2.63. The zero-order valence-electron chi connectivity index (χ0n) is 5.23. The third-order valence-corrected chi connectivity index (χ3v) is 2.48. The summed E-state index contributed by atoms with van der Waals surface area (Å²) in [4.78, 5) is 0. The summed E-state index contributed by atoms with van der Waals surface area (Å²) in [6, 6.07) is 0. The number of rotatable bonds is 0. The molecule has 6 heteroatoms. The number of nitrogens with zero attached hydrogens (tertiary/aromatic N) is 1. The van der Waals surface area contributed by atoms with Crippen molar-refractivity contribution in [2.24, 2.45) is 4.40 Å². The van der Waals surface area contributed by atoms with Gasteiger partial charge >= 0.3 is 0 Å². The lowest BCUT2D eigenvalue weighted by molar-refractivity contribution is 0.606. The molecule has 0 amide bonds. The maximum absolute atomic E-state index is 10.7. The van der Waals surface area contributed by atoms with E-state index in [2.05, 4.69) is 9.71 Å². The van der Waals surface area contributed by atoms with Gasteiger partial charge in [0, 0.05) is 6.20 Å². The molecule has 0 unspecified atom stereocenters. The van der Waals surface area contributed by atoms with Gasteiger partial charge in [0.25, 0.3) is 10.0 Å². The Morgan fingerprint density at radius 3 is 2.80 bits per heavy atom. The average Bonchev–Trinajstić information content (AvgIpc) is 1.86. The van der Waals surface area contributed by atoms with Crippen molar-refractivity contribution in [3.05, 3.63) is 11.6 Å². The summed E-state index contributed by atoms with van der Waals surface area (Å²) < 4.78 is 24.8. The highest BCUT2D eigenvalue weighted by atomic mass is 32.2. The van der Waals surface area contributed by atoms with Crippen LogP contribution in [0.5, 0.6) is 0 Å². The van der Waals surface area contributed by atoms with Gasteiger partial charge in [0.15, 0.2) is 5.17 Å². The van der Waals surface area contributed by atoms with Crippen molar-refractivity contribution >= 4 is 27.0 Å². The summed E-state index contributed by atoms with van der Waals surface area (Å²) in [7, 11) is -3.32. The molecule has 0 aromatic carbocycles. The van der Waals surface area contributed by atoms with Crippen LogP contribution in [0.25, 0.3) is 0 Å². The summed E-state index contributed by atoms with van der Waals surface area (Å²) in [6.07, 6.45) is 3.11. The number of nitrogens with one attached hydrogen (secondary N) is 1. The Morgan fingerprint density at radius 2 is 2.40 bits per heavy atom. The maximum atomic E-state index is 10.7. The Hall–Kier alpha value is -0.490. The van der Waals surface area contributed by atoms with E-state index < -0.39 is 10.0 Å². The highest BCUT2D eigenvalue weighted by molar-refractivity contribution is 8.14. The SMILES string of the molecule is CSC1=NS(=O)(=O)C=CN1. The van der Waals surface area contributed by atoms with E-state index in [-0.39, 0.29) is 0 Å². The van der Waals surface area contributed by atoms with E-state index in [1.165, 1.54) is 18.0 Å². The maximum Gasteiger partial charge on any atom is 0.279 e. The van der Waals surface area contributed by atoms with Gasteiger partial charge in [0.1, 0.15) is 0 Å². The minimum atomic E-state index is -3.32. The molecule has 0 aromatic rings. The zero-order valence-corrected chi connectivity index (χ0v) is 6.87. The third-order valence-electron chi connectivity index (χ3n) is 0.850. The van der Waals surface area contributed by atoms with E-state index in [1.54, 1.807) is 6.26 Å². The first kappa shape index (κ1) is 7.62. The van der Waals surface area contributed by atoms with Gasteiger partial charge in [-0.2, -0.15) is 8.42 Å². The normalized spacial score (nSPS) is 21.5. The van der Waals surface area contributed by atoms with Crippen LogP contribution in [0.15, 0.2) is 16.0 Å². The van der Waals surface area contributed by atoms with E-state index in [0.29, 0.717) is 5.17 Å². The van der Waals surface area contributed by atoms with Gasteiger partial charge in [-0.05, 0) is 6.26 Å². The fourth-order valence-corrected chi connectivity index (χ4v) is 1.84. The number of hydrogen-bond donors (Lipinski definition) is 1. The average molecular weight is 178 g/mol. The highest BCUT2D eigenvalue weighted by Crippen LogP contribution is 2.05. The molecule has 1 aliphatic heterocycles. The van der Waals surface area contributed by atoms with Crippen LogP contribution in [0, 0.1) is 0 Å². The molecule has 0 atom stereocenters. The van der Waals surface area contributed by atoms with Gasteiger partial charge < -0.3 is 5.32 Å². The summed E-state index contributed by atoms with van der Waals surface area (Å²) >= 11 is 1.26. The molecule has 1 N–H and O–H groups in total. The van der Waals surface area contributed by atoms with E-state index in [1.807, 2.05) is 0 Å². The molecular formula is C4H6N2O2S2. The van der Waals surface area contributed by atoms with Gasteiger partial charge in [-0.25, -0.2) is 0 Å². The van der Waals surface area contributed by atoms with Crippen LogP contribution in [0.4, 0.5) is 0 Å². The van der Waals surface area contributed by atoms with Gasteiger partial charge in [-0.15, -0.1) is 4.40 Å². The highest BCUT2D eigenvalue weighted by Gasteiger charge is 2.09. The second-order valence-electron chi connectivity index (χ2n) is 1.56. The van der Waals surface area contributed by atoms with Gasteiger partial charge in [-0.1, -0.05) is 11.8 Å². The quantitative estimate of drug-likeness (QED) is 0.572. The van der Waals surface area contributed by atoms with Crippen LogP contribution >= 0.6 is 11.8 Å². The molecule has 0 saturated heterocycles. The Balaban J connectivity index is 2.95. The molecule has 0 spiro atoms. The predicted octanol–water partition coefficient (Wildman–Crippen LogP) is 0.110. The van der Waals surface area contributed by atoms with Crippen LogP contribution in [-0.4, -0.2) is 19.8 Å². The Morgan fingerprint density at radius 1 is 1.70 bits per heavy atom. The summed E-state index contributed by atoms with van der Waals surface area (Å²) in [5.74, 6) is 0. The fourth-order valence-electron chi connectivity index (χ4n) is 0.460. The van der Waals surface area contributed by atoms with Crippen molar-refractivity contribution in [1.82, 2.24) is 5.32 Å². The fraction of sp³-hybridized carbons (Fsp3) is 0.250. The lowest BCUT2D eigenvalue weighted by Gasteiger charge is -2.04. The van der Waals surface area contributed by atoms with Gasteiger partial charge in [0.05, 0.1) is 5.41 Å². The topological polar surface area (TPSA) is 58.5 Å². The summed E-state index contributed by atoms with van der Waals surface area (Å²) in [6.45, 7) is 0. The van der Waals surface area contributed by atoms with Gasteiger partial charge in [0.2, 0.25) is 0 Å². The molecule has 0 saturated carbocycles. The largest absolute Gasteiger partial charge is 0.340 e. The lowest BCUT2D eigenvalue weighted by atomic mass is 11.0. The van der Waals surface area contributed by atoms with Crippen LogP contribution in [0.1, 0.15) is 0 Å². The second-order valence-corrected chi connectivity index (χ2v) is 3.84. The van der Waals surface area contributed by atoms with Crippen molar-refractivity contribution < 1.29 is 8.42 Å². The molecule has 10 heavy (non-hydrogen) atoms. The minimum absolute atomic E-state index is 0.405. The number of thioether (sulfide) groups is 1. The molecule has 56 valence electrons. The van der Waals surface area contributed by atoms with Crippen molar-refractivity contribution in [2.75, 3.05) is 6.26 Å². The van der Waals surface area contributed by atoms with Crippen molar-refractivity contribution in [3.8, 4) is 0 Å². The molecule has 1 aliphatic rings. The predicted molar refractivity (Wildman–Crippen MR) is 42.1 cm³/mol. The minimum Gasteiger partial charge on any atom is -0.340 e. The third kappa shape index (κ3) is 1.74. The zero-order chi connectivity index (χ0) is 7.61. The molecule has 0 aromatic heterocycles. The van der Waals surface area contributed by atoms with Crippen molar-refractivity contribution in [1.29, 1.82) is 0 Å². The first-order valence-electron chi connectivity index (χ1n) is 2.46. The van der Waals surface area contributed by atoms with Crippen LogP contribution in [0.3, 0.4) is 0 Å². The standard InChI is InChI=1S/C4H6N2O2S2/c1-9-4-5-2-3-10(7,8)6-4/h2-3H,1H3,(H,5,6). The van der Waals surface area contributed by atoms with E-state index in [4.69, 9.17) is 0 Å². The molecule has 0 fully saturated rings. The molecular weight excluding hydrogens is 172 g/mol. The first-order chi connectivity index (χ1) is 4.64. The Kier molecular flexibility index (Phi) is 2.00. The Bertz CT molecular complexity index is 278.